The van der Waals surface area contributed by atoms with Gasteiger partial charge in [0, 0.05) is 19.4 Å². The summed E-state index contributed by atoms with van der Waals surface area (Å²) in [6.45, 7) is 1.41. The van der Waals surface area contributed by atoms with Gasteiger partial charge in [0.1, 0.15) is 5.75 Å². The first-order valence-corrected chi connectivity index (χ1v) is 8.85. The van der Waals surface area contributed by atoms with Crippen LogP contribution in [0, 0.1) is 0 Å². The Morgan fingerprint density at radius 1 is 1.26 bits per heavy atom. The number of sulfonamides is 1. The Hall–Kier alpha value is -2.06. The zero-order chi connectivity index (χ0) is 16.3. The van der Waals surface area contributed by atoms with Crippen molar-refractivity contribution in [1.29, 1.82) is 0 Å². The molecule has 7 nitrogen and oxygen atoms in total. The second-order valence-electron chi connectivity index (χ2n) is 5.33. The molecule has 0 unspecified atom stereocenters. The van der Waals surface area contributed by atoms with E-state index in [1.165, 1.54) is 25.4 Å². The van der Waals surface area contributed by atoms with E-state index in [4.69, 9.17) is 9.47 Å². The molecule has 3 rings (SSSR count). The Bertz CT molecular complexity index is 749. The largest absolute Gasteiger partial charge is 0.497 e. The summed E-state index contributed by atoms with van der Waals surface area (Å²) in [6.07, 6.45) is 5.01. The number of hydrogen-bond donors (Lipinski definition) is 1. The molecular weight excluding hydrogens is 318 g/mol. The molecule has 8 heteroatoms. The zero-order valence-electron chi connectivity index (χ0n) is 12.8. The van der Waals surface area contributed by atoms with Gasteiger partial charge in [-0.2, -0.15) is 5.10 Å². The summed E-state index contributed by atoms with van der Waals surface area (Å²) in [5.74, 6) is 0.608. The summed E-state index contributed by atoms with van der Waals surface area (Å²) in [5.41, 5.74) is 0.451. The smallest absolute Gasteiger partial charge is 0.261 e. The fraction of sp³-hybridized carbons (Fsp3) is 0.400. The number of anilines is 1. The minimum atomic E-state index is -3.64. The lowest BCUT2D eigenvalue weighted by Gasteiger charge is -2.22. The molecule has 124 valence electrons. The van der Waals surface area contributed by atoms with Crippen molar-refractivity contribution < 1.29 is 17.9 Å². The van der Waals surface area contributed by atoms with Gasteiger partial charge in [0.25, 0.3) is 10.0 Å². The fourth-order valence-electron chi connectivity index (χ4n) is 2.51. The van der Waals surface area contributed by atoms with Crippen molar-refractivity contribution in [2.45, 2.75) is 23.8 Å². The van der Waals surface area contributed by atoms with E-state index < -0.39 is 10.0 Å². The highest BCUT2D eigenvalue weighted by atomic mass is 32.2. The van der Waals surface area contributed by atoms with Crippen molar-refractivity contribution in [3.05, 3.63) is 36.7 Å². The van der Waals surface area contributed by atoms with Gasteiger partial charge in [-0.25, -0.2) is 8.42 Å². The Labute approximate surface area is 135 Å². The van der Waals surface area contributed by atoms with E-state index in [1.54, 1.807) is 23.0 Å². The summed E-state index contributed by atoms with van der Waals surface area (Å²) in [4.78, 5) is 0.178. The highest BCUT2D eigenvalue weighted by Gasteiger charge is 2.19. The van der Waals surface area contributed by atoms with Crippen molar-refractivity contribution in [2.24, 2.45) is 0 Å². The first-order valence-electron chi connectivity index (χ1n) is 7.37. The van der Waals surface area contributed by atoms with Crippen molar-refractivity contribution in [3.8, 4) is 5.75 Å². The van der Waals surface area contributed by atoms with E-state index in [9.17, 15) is 8.42 Å². The predicted molar refractivity (Wildman–Crippen MR) is 85.1 cm³/mol. The van der Waals surface area contributed by atoms with Crippen molar-refractivity contribution in [2.75, 3.05) is 25.0 Å². The summed E-state index contributed by atoms with van der Waals surface area (Å²) < 4.78 is 39.5. The van der Waals surface area contributed by atoms with Crippen molar-refractivity contribution >= 4 is 15.7 Å². The van der Waals surface area contributed by atoms with Gasteiger partial charge in [0.15, 0.2) is 0 Å². The molecule has 1 aliphatic heterocycles. The Morgan fingerprint density at radius 3 is 2.61 bits per heavy atom. The summed E-state index contributed by atoms with van der Waals surface area (Å²) >= 11 is 0. The van der Waals surface area contributed by atoms with E-state index in [1.807, 2.05) is 0 Å². The molecule has 1 aromatic heterocycles. The van der Waals surface area contributed by atoms with Gasteiger partial charge in [-0.1, -0.05) is 0 Å². The molecule has 0 atom stereocenters. The van der Waals surface area contributed by atoms with Crippen LogP contribution in [0.2, 0.25) is 0 Å². The van der Waals surface area contributed by atoms with Crippen LogP contribution in [0.4, 0.5) is 5.69 Å². The Balaban J connectivity index is 1.73. The quantitative estimate of drug-likeness (QED) is 0.903. The molecule has 0 amide bonds. The van der Waals surface area contributed by atoms with Crippen LogP contribution in [0.25, 0.3) is 0 Å². The van der Waals surface area contributed by atoms with Crippen molar-refractivity contribution in [1.82, 2.24) is 9.78 Å². The maximum absolute atomic E-state index is 12.4. The van der Waals surface area contributed by atoms with Crippen LogP contribution in [0.1, 0.15) is 18.9 Å². The van der Waals surface area contributed by atoms with E-state index in [0.717, 1.165) is 12.8 Å². The molecule has 1 aromatic carbocycles. The summed E-state index contributed by atoms with van der Waals surface area (Å²) in [5, 5.41) is 4.26. The molecule has 1 N–H and O–H groups in total. The molecule has 0 radical (unpaired) electrons. The number of rotatable bonds is 5. The van der Waals surface area contributed by atoms with E-state index in [0.29, 0.717) is 24.7 Å². The normalized spacial score (nSPS) is 16.2. The second kappa shape index (κ2) is 6.59. The van der Waals surface area contributed by atoms with Crippen LogP contribution in [-0.4, -0.2) is 38.5 Å². The maximum atomic E-state index is 12.4. The monoisotopic (exact) mass is 337 g/mol. The predicted octanol–water partition coefficient (Wildman–Crippen LogP) is 2.04. The Morgan fingerprint density at radius 2 is 1.96 bits per heavy atom. The van der Waals surface area contributed by atoms with Crippen molar-refractivity contribution in [3.63, 3.8) is 0 Å². The highest BCUT2D eigenvalue weighted by molar-refractivity contribution is 7.92. The molecule has 0 bridgehead atoms. The topological polar surface area (TPSA) is 82.5 Å². The van der Waals surface area contributed by atoms with E-state index in [-0.39, 0.29) is 10.9 Å². The number of methoxy groups -OCH3 is 1. The molecular formula is C15H19N3O4S. The lowest BCUT2D eigenvalue weighted by molar-refractivity contribution is 0.0662. The molecule has 0 aliphatic carbocycles. The third-order valence-electron chi connectivity index (χ3n) is 3.79. The van der Waals surface area contributed by atoms with Crippen LogP contribution in [0.5, 0.6) is 5.75 Å². The zero-order valence-corrected chi connectivity index (χ0v) is 13.6. The number of nitrogens with zero attached hydrogens (tertiary/aromatic N) is 2. The molecule has 1 saturated heterocycles. The van der Waals surface area contributed by atoms with Crippen LogP contribution in [-0.2, 0) is 14.8 Å². The van der Waals surface area contributed by atoms with Gasteiger partial charge in [-0.05, 0) is 37.1 Å². The SMILES string of the molecule is COc1ccc(S(=O)(=O)Nc2cnn(C3CCOCC3)c2)cc1. The van der Waals surface area contributed by atoms with Gasteiger partial charge in [0.05, 0.1) is 29.9 Å². The summed E-state index contributed by atoms with van der Waals surface area (Å²) in [6, 6.07) is 6.48. The minimum absolute atomic E-state index is 0.178. The maximum Gasteiger partial charge on any atom is 0.261 e. The third-order valence-corrected chi connectivity index (χ3v) is 5.19. The van der Waals surface area contributed by atoms with Gasteiger partial charge in [-0.3, -0.25) is 9.40 Å². The third kappa shape index (κ3) is 3.65. The number of nitrogens with one attached hydrogen (secondary N) is 1. The molecule has 0 spiro atoms. The van der Waals surface area contributed by atoms with Gasteiger partial charge in [0.2, 0.25) is 0 Å². The van der Waals surface area contributed by atoms with Crippen LogP contribution >= 0.6 is 0 Å². The van der Waals surface area contributed by atoms with Crippen LogP contribution < -0.4 is 9.46 Å². The molecule has 1 aliphatic rings. The Kier molecular flexibility index (Phi) is 4.53. The lowest BCUT2D eigenvalue weighted by atomic mass is 10.1. The number of benzene rings is 1. The van der Waals surface area contributed by atoms with Crippen LogP contribution in [0.15, 0.2) is 41.6 Å². The molecule has 0 saturated carbocycles. The minimum Gasteiger partial charge on any atom is -0.497 e. The fourth-order valence-corrected chi connectivity index (χ4v) is 3.54. The number of ether oxygens (including phenoxy) is 2. The van der Waals surface area contributed by atoms with E-state index in [2.05, 4.69) is 9.82 Å². The number of hydrogen-bond acceptors (Lipinski definition) is 5. The summed E-state index contributed by atoms with van der Waals surface area (Å²) in [7, 11) is -2.11. The highest BCUT2D eigenvalue weighted by Crippen LogP contribution is 2.23. The molecule has 23 heavy (non-hydrogen) atoms. The molecule has 1 fully saturated rings. The van der Waals surface area contributed by atoms with E-state index >= 15 is 0 Å². The van der Waals surface area contributed by atoms with Gasteiger partial charge in [-0.15, -0.1) is 0 Å². The first-order chi connectivity index (χ1) is 11.1. The van der Waals surface area contributed by atoms with Gasteiger partial charge >= 0.3 is 0 Å². The average molecular weight is 337 g/mol. The van der Waals surface area contributed by atoms with Crippen LogP contribution in [0.3, 0.4) is 0 Å². The lowest BCUT2D eigenvalue weighted by Crippen LogP contribution is -2.19. The second-order valence-corrected chi connectivity index (χ2v) is 7.02. The molecule has 2 heterocycles. The average Bonchev–Trinajstić information content (AvgIpc) is 3.03. The first kappa shape index (κ1) is 15.8. The van der Waals surface area contributed by atoms with Gasteiger partial charge < -0.3 is 9.47 Å². The standard InChI is InChI=1S/C15H19N3O4S/c1-21-14-2-4-15(5-3-14)23(19,20)17-12-10-16-18(11-12)13-6-8-22-9-7-13/h2-5,10-11,13,17H,6-9H2,1H3. The molecule has 2 aromatic rings. The number of aromatic nitrogens is 2.